The van der Waals surface area contributed by atoms with Crippen molar-refractivity contribution in [2.24, 2.45) is 5.92 Å². The molecule has 0 aliphatic heterocycles. The summed E-state index contributed by atoms with van der Waals surface area (Å²) in [6.07, 6.45) is 5.98. The van der Waals surface area contributed by atoms with Gasteiger partial charge in [0.05, 0.1) is 0 Å². The van der Waals surface area contributed by atoms with Gasteiger partial charge in [0.15, 0.2) is 0 Å². The molecule has 0 aromatic heterocycles. The van der Waals surface area contributed by atoms with Crippen LogP contribution >= 0.6 is 0 Å². The predicted molar refractivity (Wildman–Crippen MR) is 40.3 cm³/mol. The predicted octanol–water partition coefficient (Wildman–Crippen LogP) is 1.44. The van der Waals surface area contributed by atoms with Gasteiger partial charge in [-0.2, -0.15) is 0 Å². The SMILES string of the molecule is C=CNC(=O)C1CCCC1. The lowest BCUT2D eigenvalue weighted by atomic mass is 10.1. The molecule has 0 aromatic carbocycles. The quantitative estimate of drug-likeness (QED) is 0.616. The molecule has 0 aromatic rings. The van der Waals surface area contributed by atoms with Gasteiger partial charge in [0.1, 0.15) is 0 Å². The lowest BCUT2D eigenvalue weighted by molar-refractivity contribution is -0.123. The minimum Gasteiger partial charge on any atom is -0.333 e. The molecule has 1 saturated carbocycles. The average molecular weight is 139 g/mol. The third-order valence-electron chi connectivity index (χ3n) is 1.97. The molecule has 10 heavy (non-hydrogen) atoms. The summed E-state index contributed by atoms with van der Waals surface area (Å²) in [5.74, 6) is 0.408. The maximum Gasteiger partial charge on any atom is 0.226 e. The molecule has 0 unspecified atom stereocenters. The van der Waals surface area contributed by atoms with Crippen LogP contribution in [0.4, 0.5) is 0 Å². The van der Waals surface area contributed by atoms with Crippen molar-refractivity contribution in [1.82, 2.24) is 5.32 Å². The van der Waals surface area contributed by atoms with Crippen LogP contribution < -0.4 is 5.32 Å². The lowest BCUT2D eigenvalue weighted by Gasteiger charge is -2.05. The van der Waals surface area contributed by atoms with E-state index in [2.05, 4.69) is 11.9 Å². The Labute approximate surface area is 61.3 Å². The first-order valence-corrected chi connectivity index (χ1v) is 3.76. The van der Waals surface area contributed by atoms with Gasteiger partial charge in [-0.05, 0) is 19.0 Å². The Morgan fingerprint density at radius 1 is 1.50 bits per heavy atom. The van der Waals surface area contributed by atoms with E-state index in [1.54, 1.807) is 0 Å². The summed E-state index contributed by atoms with van der Waals surface area (Å²) < 4.78 is 0. The van der Waals surface area contributed by atoms with Gasteiger partial charge < -0.3 is 5.32 Å². The highest BCUT2D eigenvalue weighted by atomic mass is 16.1. The number of carbonyl (C=O) groups is 1. The van der Waals surface area contributed by atoms with Gasteiger partial charge in [0.25, 0.3) is 0 Å². The van der Waals surface area contributed by atoms with E-state index in [1.807, 2.05) is 0 Å². The van der Waals surface area contributed by atoms with Crippen LogP contribution in [-0.2, 0) is 4.79 Å². The van der Waals surface area contributed by atoms with Crippen molar-refractivity contribution in [2.75, 3.05) is 0 Å². The van der Waals surface area contributed by atoms with E-state index in [1.165, 1.54) is 19.0 Å². The summed E-state index contributed by atoms with van der Waals surface area (Å²) in [6.45, 7) is 3.44. The van der Waals surface area contributed by atoms with Crippen molar-refractivity contribution in [2.45, 2.75) is 25.7 Å². The third-order valence-corrected chi connectivity index (χ3v) is 1.97. The van der Waals surface area contributed by atoms with Gasteiger partial charge in [-0.25, -0.2) is 0 Å². The number of hydrogen-bond donors (Lipinski definition) is 1. The normalized spacial score (nSPS) is 18.8. The molecule has 56 valence electrons. The largest absolute Gasteiger partial charge is 0.333 e. The molecule has 2 nitrogen and oxygen atoms in total. The van der Waals surface area contributed by atoms with Crippen LogP contribution in [0.25, 0.3) is 0 Å². The van der Waals surface area contributed by atoms with Crippen molar-refractivity contribution in [3.05, 3.63) is 12.8 Å². The van der Waals surface area contributed by atoms with Crippen LogP contribution in [0.5, 0.6) is 0 Å². The lowest BCUT2D eigenvalue weighted by Crippen LogP contribution is -2.24. The number of nitrogens with one attached hydrogen (secondary N) is 1. The van der Waals surface area contributed by atoms with E-state index < -0.39 is 0 Å². The summed E-state index contributed by atoms with van der Waals surface area (Å²) in [5.41, 5.74) is 0. The van der Waals surface area contributed by atoms with Crippen LogP contribution in [0.15, 0.2) is 12.8 Å². The van der Waals surface area contributed by atoms with E-state index >= 15 is 0 Å². The van der Waals surface area contributed by atoms with Crippen LogP contribution in [0.3, 0.4) is 0 Å². The Balaban J connectivity index is 2.32. The molecule has 1 amide bonds. The van der Waals surface area contributed by atoms with Crippen molar-refractivity contribution < 1.29 is 4.79 Å². The fraction of sp³-hybridized carbons (Fsp3) is 0.625. The van der Waals surface area contributed by atoms with Crippen molar-refractivity contribution in [1.29, 1.82) is 0 Å². The van der Waals surface area contributed by atoms with Gasteiger partial charge in [0.2, 0.25) is 5.91 Å². The second-order valence-electron chi connectivity index (χ2n) is 2.69. The second-order valence-corrected chi connectivity index (χ2v) is 2.69. The maximum atomic E-state index is 11.1. The van der Waals surface area contributed by atoms with E-state index in [9.17, 15) is 4.79 Å². The third kappa shape index (κ3) is 1.59. The Morgan fingerprint density at radius 2 is 2.10 bits per heavy atom. The second kappa shape index (κ2) is 3.40. The van der Waals surface area contributed by atoms with Crippen LogP contribution in [0.1, 0.15) is 25.7 Å². The van der Waals surface area contributed by atoms with E-state index in [0.717, 1.165) is 12.8 Å². The van der Waals surface area contributed by atoms with Crippen molar-refractivity contribution in [3.63, 3.8) is 0 Å². The average Bonchev–Trinajstić information content (AvgIpc) is 2.38. The fourth-order valence-electron chi connectivity index (χ4n) is 1.41. The molecule has 0 radical (unpaired) electrons. The first kappa shape index (κ1) is 7.32. The van der Waals surface area contributed by atoms with Gasteiger partial charge in [-0.3, -0.25) is 4.79 Å². The molecule has 1 rings (SSSR count). The van der Waals surface area contributed by atoms with Gasteiger partial charge in [-0.1, -0.05) is 19.4 Å². The molecule has 0 spiro atoms. The monoisotopic (exact) mass is 139 g/mol. The Hall–Kier alpha value is -0.790. The molecule has 0 atom stereocenters. The van der Waals surface area contributed by atoms with Crippen molar-refractivity contribution in [3.8, 4) is 0 Å². The molecule has 0 bridgehead atoms. The molecular formula is C8H13NO. The number of amides is 1. The number of carbonyl (C=O) groups excluding carboxylic acids is 1. The van der Waals surface area contributed by atoms with Gasteiger partial charge in [-0.15, -0.1) is 0 Å². The Morgan fingerprint density at radius 3 is 2.60 bits per heavy atom. The van der Waals surface area contributed by atoms with Gasteiger partial charge >= 0.3 is 0 Å². The fourth-order valence-corrected chi connectivity index (χ4v) is 1.41. The molecular weight excluding hydrogens is 126 g/mol. The van der Waals surface area contributed by atoms with Crippen LogP contribution in [0.2, 0.25) is 0 Å². The topological polar surface area (TPSA) is 29.1 Å². The summed E-state index contributed by atoms with van der Waals surface area (Å²) in [5, 5.41) is 2.61. The zero-order chi connectivity index (χ0) is 7.40. The first-order valence-electron chi connectivity index (χ1n) is 3.76. The van der Waals surface area contributed by atoms with Crippen LogP contribution in [-0.4, -0.2) is 5.91 Å². The molecule has 1 aliphatic rings. The zero-order valence-corrected chi connectivity index (χ0v) is 6.10. The number of hydrogen-bond acceptors (Lipinski definition) is 1. The summed E-state index contributed by atoms with van der Waals surface area (Å²) >= 11 is 0. The highest BCUT2D eigenvalue weighted by molar-refractivity contribution is 5.79. The Kier molecular flexibility index (Phi) is 2.49. The Bertz CT molecular complexity index is 136. The van der Waals surface area contributed by atoms with E-state index in [0.29, 0.717) is 0 Å². The highest BCUT2D eigenvalue weighted by Crippen LogP contribution is 2.24. The molecule has 1 N–H and O–H groups in total. The molecule has 1 aliphatic carbocycles. The highest BCUT2D eigenvalue weighted by Gasteiger charge is 2.21. The van der Waals surface area contributed by atoms with E-state index in [4.69, 9.17) is 0 Å². The molecule has 0 heterocycles. The van der Waals surface area contributed by atoms with Crippen molar-refractivity contribution >= 4 is 5.91 Å². The smallest absolute Gasteiger partial charge is 0.226 e. The van der Waals surface area contributed by atoms with E-state index in [-0.39, 0.29) is 11.8 Å². The molecule has 1 fully saturated rings. The maximum absolute atomic E-state index is 11.1. The first-order chi connectivity index (χ1) is 4.84. The number of rotatable bonds is 2. The zero-order valence-electron chi connectivity index (χ0n) is 6.10. The standard InChI is InChI=1S/C8H13NO/c1-2-9-8(10)7-5-3-4-6-7/h2,7H,1,3-6H2,(H,9,10). The summed E-state index contributed by atoms with van der Waals surface area (Å²) in [6, 6.07) is 0. The van der Waals surface area contributed by atoms with Crippen LogP contribution in [0, 0.1) is 5.92 Å². The van der Waals surface area contributed by atoms with Gasteiger partial charge in [0, 0.05) is 5.92 Å². The minimum atomic E-state index is 0.146. The molecule has 0 saturated heterocycles. The molecule has 2 heteroatoms. The summed E-state index contributed by atoms with van der Waals surface area (Å²) in [7, 11) is 0. The summed E-state index contributed by atoms with van der Waals surface area (Å²) in [4.78, 5) is 11.1. The minimum absolute atomic E-state index is 0.146.